The molecule has 0 unspecified atom stereocenters. The van der Waals surface area contributed by atoms with Crippen LogP contribution in [-0.4, -0.2) is 18.9 Å². The molecule has 0 bridgehead atoms. The monoisotopic (exact) mass is 305 g/mol. The van der Waals surface area contributed by atoms with E-state index in [1.54, 1.807) is 0 Å². The van der Waals surface area contributed by atoms with E-state index in [9.17, 15) is 0 Å². The number of nitrogens with zero attached hydrogens (tertiary/aromatic N) is 1. The summed E-state index contributed by atoms with van der Waals surface area (Å²) in [6.45, 7) is 1.76. The Bertz CT molecular complexity index is 560. The number of fused-ring (bicyclic) bond motifs is 1. The minimum Gasteiger partial charge on any atom is -0.309 e. The quantitative estimate of drug-likeness (QED) is 0.894. The highest BCUT2D eigenvalue weighted by Crippen LogP contribution is 2.19. The van der Waals surface area contributed by atoms with Crippen molar-refractivity contribution in [3.05, 3.63) is 48.0 Å². The van der Waals surface area contributed by atoms with Crippen molar-refractivity contribution in [1.82, 2.24) is 10.9 Å². The van der Waals surface area contributed by atoms with Crippen molar-refractivity contribution >= 4 is 33.6 Å². The molecule has 1 heterocycles. The van der Waals surface area contributed by atoms with Gasteiger partial charge < -0.3 is 5.43 Å². The van der Waals surface area contributed by atoms with Gasteiger partial charge in [-0.15, -0.1) is 17.0 Å². The van der Waals surface area contributed by atoms with Crippen molar-refractivity contribution in [2.75, 3.05) is 13.1 Å². The third-order valence-corrected chi connectivity index (χ3v) is 3.01. The second-order valence-corrected chi connectivity index (χ2v) is 4.20. The van der Waals surface area contributed by atoms with Crippen LogP contribution in [0.2, 0.25) is 0 Å². The van der Waals surface area contributed by atoms with E-state index in [2.05, 4.69) is 58.3 Å². The normalized spacial score (nSPS) is 14.6. The van der Waals surface area contributed by atoms with Gasteiger partial charge in [0.15, 0.2) is 0 Å². The summed E-state index contributed by atoms with van der Waals surface area (Å²) in [6.07, 6.45) is 0.856. The molecule has 0 saturated heterocycles. The average Bonchev–Trinajstić information content (AvgIpc) is 2.40. The second kappa shape index (κ2) is 5.98. The molecule has 2 N–H and O–H groups in total. The highest BCUT2D eigenvalue weighted by atomic mass is 79.9. The van der Waals surface area contributed by atoms with Gasteiger partial charge in [0.25, 0.3) is 0 Å². The largest absolute Gasteiger partial charge is 0.309 e. The Morgan fingerprint density at radius 3 is 2.72 bits per heavy atom. The lowest BCUT2D eigenvalue weighted by molar-refractivity contribution is 0.619. The molecule has 4 heteroatoms. The smallest absolute Gasteiger partial charge is 0.115 e. The highest BCUT2D eigenvalue weighted by Gasteiger charge is 2.07. The summed E-state index contributed by atoms with van der Waals surface area (Å²) in [5.74, 6) is 1.02. The molecule has 0 amide bonds. The van der Waals surface area contributed by atoms with E-state index in [1.807, 2.05) is 0 Å². The molecule has 18 heavy (non-hydrogen) atoms. The standard InChI is InChI=1S/C14H15N3.BrH/c1-2-7-13-11(4-1)5-3-6-12(13)10-14-15-8-9-16-17-14;/h1-7,16H,8-10H2,(H,15,17);1H. The van der Waals surface area contributed by atoms with Gasteiger partial charge in [-0.1, -0.05) is 42.5 Å². The third-order valence-electron chi connectivity index (χ3n) is 3.01. The van der Waals surface area contributed by atoms with E-state index in [1.165, 1.54) is 16.3 Å². The van der Waals surface area contributed by atoms with Crippen LogP contribution in [0.15, 0.2) is 47.5 Å². The van der Waals surface area contributed by atoms with E-state index in [4.69, 9.17) is 0 Å². The lowest BCUT2D eigenvalue weighted by Gasteiger charge is -2.16. The minimum absolute atomic E-state index is 0. The van der Waals surface area contributed by atoms with Crippen LogP contribution >= 0.6 is 17.0 Å². The first kappa shape index (κ1) is 13.1. The molecule has 1 aliphatic rings. The zero-order valence-electron chi connectivity index (χ0n) is 10.0. The zero-order valence-corrected chi connectivity index (χ0v) is 11.7. The first-order chi connectivity index (χ1) is 8.43. The first-order valence-corrected chi connectivity index (χ1v) is 5.92. The molecule has 3 rings (SSSR count). The maximum atomic E-state index is 4.47. The summed E-state index contributed by atoms with van der Waals surface area (Å²) >= 11 is 0. The number of hydrazine groups is 1. The summed E-state index contributed by atoms with van der Waals surface area (Å²) in [5.41, 5.74) is 7.57. The molecule has 2 aromatic carbocycles. The number of rotatable bonds is 2. The Kier molecular flexibility index (Phi) is 4.33. The van der Waals surface area contributed by atoms with Crippen LogP contribution in [0.3, 0.4) is 0 Å². The summed E-state index contributed by atoms with van der Waals surface area (Å²) in [6, 6.07) is 14.9. The van der Waals surface area contributed by atoms with Crippen LogP contribution in [0.4, 0.5) is 0 Å². The van der Waals surface area contributed by atoms with Crippen molar-refractivity contribution in [3.8, 4) is 0 Å². The van der Waals surface area contributed by atoms with Gasteiger partial charge >= 0.3 is 0 Å². The van der Waals surface area contributed by atoms with Gasteiger partial charge in [-0.3, -0.25) is 4.99 Å². The van der Waals surface area contributed by atoms with Crippen LogP contribution in [0.25, 0.3) is 10.8 Å². The molecule has 0 aliphatic carbocycles. The Morgan fingerprint density at radius 2 is 1.89 bits per heavy atom. The topological polar surface area (TPSA) is 36.4 Å². The molecule has 0 aromatic heterocycles. The Labute approximate surface area is 117 Å². The number of benzene rings is 2. The number of halogens is 1. The van der Waals surface area contributed by atoms with Crippen molar-refractivity contribution in [3.63, 3.8) is 0 Å². The van der Waals surface area contributed by atoms with Gasteiger partial charge in [0.1, 0.15) is 5.84 Å². The van der Waals surface area contributed by atoms with E-state index < -0.39 is 0 Å². The molecule has 0 atom stereocenters. The number of hydrogen-bond acceptors (Lipinski definition) is 3. The van der Waals surface area contributed by atoms with Gasteiger partial charge in [-0.25, -0.2) is 5.43 Å². The molecule has 2 aromatic rings. The molecule has 0 spiro atoms. The second-order valence-electron chi connectivity index (χ2n) is 4.20. The van der Waals surface area contributed by atoms with E-state index in [0.29, 0.717) is 0 Å². The maximum Gasteiger partial charge on any atom is 0.115 e. The van der Waals surface area contributed by atoms with Crippen LogP contribution in [0, 0.1) is 0 Å². The van der Waals surface area contributed by atoms with Gasteiger partial charge in [-0.2, -0.15) is 0 Å². The third kappa shape index (κ3) is 2.71. The molecule has 0 saturated carbocycles. The number of nitrogens with one attached hydrogen (secondary N) is 2. The lowest BCUT2D eigenvalue weighted by Crippen LogP contribution is -2.43. The fourth-order valence-electron chi connectivity index (χ4n) is 2.18. The fraction of sp³-hybridized carbons (Fsp3) is 0.214. The van der Waals surface area contributed by atoms with E-state index >= 15 is 0 Å². The van der Waals surface area contributed by atoms with Crippen LogP contribution in [0.1, 0.15) is 5.56 Å². The van der Waals surface area contributed by atoms with Gasteiger partial charge in [0, 0.05) is 13.0 Å². The molecule has 3 nitrogen and oxygen atoms in total. The predicted molar refractivity (Wildman–Crippen MR) is 81.4 cm³/mol. The highest BCUT2D eigenvalue weighted by molar-refractivity contribution is 8.93. The summed E-state index contributed by atoms with van der Waals surface area (Å²) < 4.78 is 0. The SMILES string of the molecule is Br.c1ccc2c(CC3=NCCNN3)cccc2c1. The lowest BCUT2D eigenvalue weighted by atomic mass is 10.0. The van der Waals surface area contributed by atoms with Crippen molar-refractivity contribution in [1.29, 1.82) is 0 Å². The number of amidine groups is 1. The molecule has 0 fully saturated rings. The minimum atomic E-state index is 0. The molecule has 1 aliphatic heterocycles. The van der Waals surface area contributed by atoms with Crippen LogP contribution in [-0.2, 0) is 6.42 Å². The van der Waals surface area contributed by atoms with Crippen LogP contribution in [0.5, 0.6) is 0 Å². The summed E-state index contributed by atoms with van der Waals surface area (Å²) in [5, 5.41) is 2.60. The Morgan fingerprint density at radius 1 is 1.06 bits per heavy atom. The van der Waals surface area contributed by atoms with Crippen molar-refractivity contribution < 1.29 is 0 Å². The molecular formula is C14H16BrN3. The molecule has 0 radical (unpaired) electrons. The average molecular weight is 306 g/mol. The maximum absolute atomic E-state index is 4.47. The molecule has 94 valence electrons. The Hall–Kier alpha value is -1.39. The predicted octanol–water partition coefficient (Wildman–Crippen LogP) is 2.47. The van der Waals surface area contributed by atoms with Crippen molar-refractivity contribution in [2.45, 2.75) is 6.42 Å². The van der Waals surface area contributed by atoms with E-state index in [0.717, 1.165) is 25.3 Å². The van der Waals surface area contributed by atoms with Gasteiger partial charge in [0.05, 0.1) is 6.54 Å². The Balaban J connectivity index is 0.00000120. The number of aliphatic imine (C=N–C) groups is 1. The summed E-state index contributed by atoms with van der Waals surface area (Å²) in [4.78, 5) is 4.47. The van der Waals surface area contributed by atoms with E-state index in [-0.39, 0.29) is 17.0 Å². The van der Waals surface area contributed by atoms with Crippen molar-refractivity contribution in [2.24, 2.45) is 4.99 Å². The molecular weight excluding hydrogens is 290 g/mol. The number of hydrogen-bond donors (Lipinski definition) is 2. The zero-order chi connectivity index (χ0) is 11.5. The van der Waals surface area contributed by atoms with Gasteiger partial charge in [-0.05, 0) is 16.3 Å². The summed E-state index contributed by atoms with van der Waals surface area (Å²) in [7, 11) is 0. The fourth-order valence-corrected chi connectivity index (χ4v) is 2.18. The first-order valence-electron chi connectivity index (χ1n) is 5.92. The van der Waals surface area contributed by atoms with Crippen LogP contribution < -0.4 is 10.9 Å². The van der Waals surface area contributed by atoms with Gasteiger partial charge in [0.2, 0.25) is 0 Å².